The van der Waals surface area contributed by atoms with Gasteiger partial charge in [-0.25, -0.2) is 0 Å². The Morgan fingerprint density at radius 2 is 2.04 bits per heavy atom. The first-order valence-corrected chi connectivity index (χ1v) is 9.80. The predicted molar refractivity (Wildman–Crippen MR) is 96.7 cm³/mol. The molecule has 0 heterocycles. The van der Waals surface area contributed by atoms with Gasteiger partial charge in [0.1, 0.15) is 6.10 Å². The van der Waals surface area contributed by atoms with E-state index >= 15 is 0 Å². The van der Waals surface area contributed by atoms with Crippen molar-refractivity contribution in [3.05, 3.63) is 22.8 Å². The molecule has 0 bridgehead atoms. The van der Waals surface area contributed by atoms with Crippen LogP contribution in [0.5, 0.6) is 0 Å². The number of carbonyl (C=O) groups excluding carboxylic acids is 1. The van der Waals surface area contributed by atoms with Crippen LogP contribution in [0.1, 0.15) is 65.7 Å². The van der Waals surface area contributed by atoms with Crippen molar-refractivity contribution < 1.29 is 14.6 Å². The molecule has 0 radical (unpaired) electrons. The van der Waals surface area contributed by atoms with Crippen LogP contribution >= 0.6 is 0 Å². The number of hydrogen-bond donors (Lipinski definition) is 2. The van der Waals surface area contributed by atoms with Crippen LogP contribution in [0.2, 0.25) is 0 Å². The first-order valence-electron chi connectivity index (χ1n) is 9.80. The number of aliphatic hydroxyl groups excluding tert-OH is 1. The zero-order valence-corrected chi connectivity index (χ0v) is 15.7. The highest BCUT2D eigenvalue weighted by Crippen LogP contribution is 2.62. The van der Waals surface area contributed by atoms with E-state index in [-0.39, 0.29) is 35.0 Å². The topological polar surface area (TPSA) is 72.5 Å². The summed E-state index contributed by atoms with van der Waals surface area (Å²) in [5, 5.41) is 10.0. The van der Waals surface area contributed by atoms with Gasteiger partial charge >= 0.3 is 5.97 Å². The lowest BCUT2D eigenvalue weighted by molar-refractivity contribution is -0.147. The number of aliphatic hydroxyl groups is 1. The number of ether oxygens (including phenoxy) is 1. The molecule has 0 amide bonds. The van der Waals surface area contributed by atoms with Crippen LogP contribution in [-0.2, 0) is 9.53 Å². The largest absolute Gasteiger partial charge is 0.461 e. The molecule has 4 aliphatic carbocycles. The van der Waals surface area contributed by atoms with E-state index in [1.807, 2.05) is 0 Å². The molecule has 0 aromatic carbocycles. The van der Waals surface area contributed by atoms with Crippen LogP contribution in [0.15, 0.2) is 22.8 Å². The number of hydrogen-bond acceptors (Lipinski definition) is 4. The van der Waals surface area contributed by atoms with Gasteiger partial charge in [0.2, 0.25) is 0 Å². The summed E-state index contributed by atoms with van der Waals surface area (Å²) in [4.78, 5) is 11.5. The van der Waals surface area contributed by atoms with Gasteiger partial charge in [0, 0.05) is 18.4 Å². The molecule has 1 saturated carbocycles. The fourth-order valence-corrected chi connectivity index (χ4v) is 6.31. The summed E-state index contributed by atoms with van der Waals surface area (Å²) in [5.74, 6) is 0.208. The maximum absolute atomic E-state index is 11.5. The van der Waals surface area contributed by atoms with E-state index < -0.39 is 0 Å². The van der Waals surface area contributed by atoms with Gasteiger partial charge in [0.05, 0.1) is 6.10 Å². The average molecular weight is 345 g/mol. The van der Waals surface area contributed by atoms with Gasteiger partial charge < -0.3 is 15.6 Å². The molecule has 4 heteroatoms. The number of fused-ring (bicyclic) bond motifs is 4. The summed E-state index contributed by atoms with van der Waals surface area (Å²) in [6.07, 6.45) is 8.74. The molecule has 0 aromatic heterocycles. The monoisotopic (exact) mass is 345 g/mol. The Kier molecular flexibility index (Phi) is 3.93. The standard InChI is InChI=1S/C21H31NO3/c1-12(23)25-18-11-17-15-5-4-13-10-14(24)6-8-20(13,2)16(15)7-9-21(17,3)19(18)22/h10,14,17-19,24H,4-9,11,22H2,1-3H3/t14-,17-,18+,19-,20-,21-/m0/s1. The highest BCUT2D eigenvalue weighted by Gasteiger charge is 2.57. The molecule has 0 aromatic rings. The lowest BCUT2D eigenvalue weighted by atomic mass is 9.54. The van der Waals surface area contributed by atoms with E-state index in [1.54, 1.807) is 11.1 Å². The minimum Gasteiger partial charge on any atom is -0.461 e. The van der Waals surface area contributed by atoms with Crippen molar-refractivity contribution in [3.63, 3.8) is 0 Å². The van der Waals surface area contributed by atoms with Crippen molar-refractivity contribution in [2.45, 2.75) is 84.0 Å². The molecule has 1 fully saturated rings. The Bertz CT molecular complexity index is 666. The lowest BCUT2D eigenvalue weighted by Gasteiger charge is -2.51. The van der Waals surface area contributed by atoms with Gasteiger partial charge in [0.15, 0.2) is 0 Å². The van der Waals surface area contributed by atoms with Crippen LogP contribution in [0, 0.1) is 16.7 Å². The van der Waals surface area contributed by atoms with Crippen molar-refractivity contribution in [3.8, 4) is 0 Å². The first-order chi connectivity index (χ1) is 11.8. The lowest BCUT2D eigenvalue weighted by Crippen LogP contribution is -2.47. The smallest absolute Gasteiger partial charge is 0.302 e. The molecule has 3 N–H and O–H groups in total. The summed E-state index contributed by atoms with van der Waals surface area (Å²) >= 11 is 0. The molecule has 4 rings (SSSR count). The Morgan fingerprint density at radius 1 is 1.28 bits per heavy atom. The highest BCUT2D eigenvalue weighted by molar-refractivity contribution is 5.66. The van der Waals surface area contributed by atoms with Gasteiger partial charge in [0.25, 0.3) is 0 Å². The van der Waals surface area contributed by atoms with E-state index in [9.17, 15) is 9.90 Å². The number of allylic oxidation sites excluding steroid dienone is 3. The molecule has 4 nitrogen and oxygen atoms in total. The number of nitrogens with two attached hydrogens (primary N) is 1. The minimum atomic E-state index is -0.271. The second-order valence-corrected chi connectivity index (χ2v) is 9.10. The Labute approximate surface area is 150 Å². The Balaban J connectivity index is 1.72. The third-order valence-electron chi connectivity index (χ3n) is 7.84. The molecule has 138 valence electrons. The van der Waals surface area contributed by atoms with E-state index in [0.29, 0.717) is 5.92 Å². The fraction of sp³-hybridized carbons (Fsp3) is 0.762. The summed E-state index contributed by atoms with van der Waals surface area (Å²) in [6.45, 7) is 6.15. The molecule has 6 atom stereocenters. The molecular weight excluding hydrogens is 314 g/mol. The number of carbonyl (C=O) groups is 1. The van der Waals surface area contributed by atoms with Gasteiger partial charge in [-0.3, -0.25) is 4.79 Å². The first kappa shape index (κ1) is 17.3. The number of esters is 1. The SMILES string of the molecule is CC(=O)O[C@@H]1C[C@H]2C3=C(CC[C@]2(C)[C@H]1N)[C@@]1(C)CC[C@H](O)C=C1CC3. The quantitative estimate of drug-likeness (QED) is 0.565. The zero-order valence-electron chi connectivity index (χ0n) is 15.7. The molecule has 25 heavy (non-hydrogen) atoms. The van der Waals surface area contributed by atoms with Crippen molar-refractivity contribution in [1.29, 1.82) is 0 Å². The second-order valence-electron chi connectivity index (χ2n) is 9.10. The maximum atomic E-state index is 11.5. The van der Waals surface area contributed by atoms with Gasteiger partial charge in [-0.15, -0.1) is 0 Å². The van der Waals surface area contributed by atoms with Crippen molar-refractivity contribution >= 4 is 5.97 Å². The molecule has 4 aliphatic rings. The highest BCUT2D eigenvalue weighted by atomic mass is 16.5. The molecule has 0 unspecified atom stereocenters. The Morgan fingerprint density at radius 3 is 2.76 bits per heavy atom. The Hall–Kier alpha value is -1.13. The van der Waals surface area contributed by atoms with Gasteiger partial charge in [-0.05, 0) is 56.3 Å². The molecule has 0 saturated heterocycles. The van der Waals surface area contributed by atoms with E-state index in [0.717, 1.165) is 44.9 Å². The van der Waals surface area contributed by atoms with Crippen LogP contribution in [0.3, 0.4) is 0 Å². The van der Waals surface area contributed by atoms with Gasteiger partial charge in [-0.1, -0.05) is 36.6 Å². The normalized spacial score (nSPS) is 46.0. The van der Waals surface area contributed by atoms with Gasteiger partial charge in [-0.2, -0.15) is 0 Å². The second kappa shape index (κ2) is 5.68. The third kappa shape index (κ3) is 2.44. The predicted octanol–water partition coefficient (Wildman–Crippen LogP) is 3.24. The maximum Gasteiger partial charge on any atom is 0.302 e. The number of rotatable bonds is 1. The van der Waals surface area contributed by atoms with E-state index in [4.69, 9.17) is 10.5 Å². The van der Waals surface area contributed by atoms with E-state index in [2.05, 4.69) is 19.9 Å². The fourth-order valence-electron chi connectivity index (χ4n) is 6.31. The third-order valence-corrected chi connectivity index (χ3v) is 7.84. The molecule has 0 spiro atoms. The summed E-state index contributed by atoms with van der Waals surface area (Å²) in [5.41, 5.74) is 11.4. The van der Waals surface area contributed by atoms with Crippen molar-refractivity contribution in [1.82, 2.24) is 0 Å². The van der Waals surface area contributed by atoms with Crippen LogP contribution in [0.4, 0.5) is 0 Å². The summed E-state index contributed by atoms with van der Waals surface area (Å²) in [7, 11) is 0. The van der Waals surface area contributed by atoms with E-state index in [1.165, 1.54) is 12.5 Å². The van der Waals surface area contributed by atoms with Crippen LogP contribution in [-0.4, -0.2) is 29.3 Å². The van der Waals surface area contributed by atoms with Crippen LogP contribution < -0.4 is 5.73 Å². The van der Waals surface area contributed by atoms with Crippen molar-refractivity contribution in [2.75, 3.05) is 0 Å². The van der Waals surface area contributed by atoms with Crippen LogP contribution in [0.25, 0.3) is 0 Å². The summed E-state index contributed by atoms with van der Waals surface area (Å²) < 4.78 is 5.58. The summed E-state index contributed by atoms with van der Waals surface area (Å²) in [6, 6.07) is -0.0756. The molecule has 0 aliphatic heterocycles. The zero-order chi connectivity index (χ0) is 18.0. The molecular formula is C21H31NO3. The van der Waals surface area contributed by atoms with Crippen molar-refractivity contribution in [2.24, 2.45) is 22.5 Å². The average Bonchev–Trinajstić information content (AvgIpc) is 2.79. The minimum absolute atomic E-state index is 0.0324.